The van der Waals surface area contributed by atoms with Crippen molar-refractivity contribution in [2.24, 2.45) is 0 Å². The number of halogens is 3. The summed E-state index contributed by atoms with van der Waals surface area (Å²) in [5, 5.41) is 3.83. The summed E-state index contributed by atoms with van der Waals surface area (Å²) in [6.07, 6.45) is -4.06. The minimum Gasteiger partial charge on any atom is -0.362 e. The van der Waals surface area contributed by atoms with E-state index in [0.717, 1.165) is 15.7 Å². The second-order valence-electron chi connectivity index (χ2n) is 3.66. The maximum atomic E-state index is 11.8. The van der Waals surface area contributed by atoms with Crippen molar-refractivity contribution in [3.8, 4) is 0 Å². The summed E-state index contributed by atoms with van der Waals surface area (Å²) in [7, 11) is 0. The molecule has 0 radical (unpaired) electrons. The maximum absolute atomic E-state index is 11.8. The van der Waals surface area contributed by atoms with Crippen molar-refractivity contribution in [3.63, 3.8) is 0 Å². The van der Waals surface area contributed by atoms with E-state index in [4.69, 9.17) is 0 Å². The summed E-state index contributed by atoms with van der Waals surface area (Å²) >= 11 is 1.53. The van der Waals surface area contributed by atoms with Crippen molar-refractivity contribution in [3.05, 3.63) is 10.6 Å². The molecule has 0 spiro atoms. The first-order chi connectivity index (χ1) is 7.38. The lowest BCUT2D eigenvalue weighted by Crippen LogP contribution is -2.08. The number of nitrogens with one attached hydrogen (secondary N) is 1. The molecule has 1 heterocycles. The minimum absolute atomic E-state index is 0.167. The summed E-state index contributed by atoms with van der Waals surface area (Å²) in [5.74, 6) is 0. The highest BCUT2D eigenvalue weighted by atomic mass is 32.1. The Hall–Kier alpha value is -0.780. The number of alkyl halides is 3. The molecule has 0 saturated heterocycles. The monoisotopic (exact) mass is 252 g/mol. The van der Waals surface area contributed by atoms with E-state index in [1.807, 2.05) is 13.8 Å². The smallest absolute Gasteiger partial charge is 0.362 e. The van der Waals surface area contributed by atoms with Gasteiger partial charge in [0.15, 0.2) is 5.13 Å². The van der Waals surface area contributed by atoms with E-state index in [1.165, 1.54) is 11.3 Å². The number of rotatable bonds is 5. The van der Waals surface area contributed by atoms with Crippen LogP contribution in [0.4, 0.5) is 18.3 Å². The fourth-order valence-corrected chi connectivity index (χ4v) is 2.03. The van der Waals surface area contributed by atoms with Crippen molar-refractivity contribution < 1.29 is 13.2 Å². The number of hydrogen-bond acceptors (Lipinski definition) is 3. The molecule has 0 aromatic carbocycles. The van der Waals surface area contributed by atoms with E-state index in [9.17, 15) is 13.2 Å². The normalized spacial score (nSPS) is 11.8. The topological polar surface area (TPSA) is 24.9 Å². The standard InChI is InChI=1S/C10H15F3N2S/c1-7-8(2)16-9(15-7)14-6-4-3-5-10(11,12)13/h3-6H2,1-2H3,(H,14,15). The summed E-state index contributed by atoms with van der Waals surface area (Å²) in [6.45, 7) is 4.44. The Morgan fingerprint density at radius 1 is 1.25 bits per heavy atom. The zero-order chi connectivity index (χ0) is 12.2. The molecule has 1 aromatic heterocycles. The number of hydrogen-bond donors (Lipinski definition) is 1. The Morgan fingerprint density at radius 2 is 1.94 bits per heavy atom. The van der Waals surface area contributed by atoms with Crippen LogP contribution in [0.15, 0.2) is 0 Å². The van der Waals surface area contributed by atoms with Gasteiger partial charge in [0.1, 0.15) is 0 Å². The third kappa shape index (κ3) is 4.83. The van der Waals surface area contributed by atoms with Crippen LogP contribution >= 0.6 is 11.3 Å². The highest BCUT2D eigenvalue weighted by molar-refractivity contribution is 7.15. The third-order valence-corrected chi connectivity index (χ3v) is 3.22. The van der Waals surface area contributed by atoms with E-state index < -0.39 is 12.6 Å². The van der Waals surface area contributed by atoms with Gasteiger partial charge in [0, 0.05) is 17.8 Å². The van der Waals surface area contributed by atoms with Gasteiger partial charge in [-0.25, -0.2) is 4.98 Å². The fourth-order valence-electron chi connectivity index (χ4n) is 1.19. The lowest BCUT2D eigenvalue weighted by atomic mass is 10.2. The number of aryl methyl sites for hydroxylation is 2. The molecule has 0 aliphatic carbocycles. The second kappa shape index (κ2) is 5.52. The van der Waals surface area contributed by atoms with Crippen LogP contribution in [0.2, 0.25) is 0 Å². The molecule has 0 saturated carbocycles. The number of anilines is 1. The van der Waals surface area contributed by atoms with Crippen LogP contribution in [0.25, 0.3) is 0 Å². The van der Waals surface area contributed by atoms with Gasteiger partial charge in [0.05, 0.1) is 5.69 Å². The highest BCUT2D eigenvalue weighted by Crippen LogP contribution is 2.23. The van der Waals surface area contributed by atoms with Crippen molar-refractivity contribution >= 4 is 16.5 Å². The van der Waals surface area contributed by atoms with Gasteiger partial charge in [-0.15, -0.1) is 11.3 Å². The molecule has 0 amide bonds. The zero-order valence-electron chi connectivity index (χ0n) is 9.32. The highest BCUT2D eigenvalue weighted by Gasteiger charge is 2.25. The molecule has 16 heavy (non-hydrogen) atoms. The number of unbranched alkanes of at least 4 members (excludes halogenated alkanes) is 1. The van der Waals surface area contributed by atoms with Gasteiger partial charge in [-0.2, -0.15) is 13.2 Å². The van der Waals surface area contributed by atoms with Crippen LogP contribution in [0, 0.1) is 13.8 Å². The molecule has 2 nitrogen and oxygen atoms in total. The van der Waals surface area contributed by atoms with Gasteiger partial charge < -0.3 is 5.32 Å². The van der Waals surface area contributed by atoms with E-state index in [-0.39, 0.29) is 6.42 Å². The van der Waals surface area contributed by atoms with E-state index in [1.54, 1.807) is 0 Å². The molecule has 0 aliphatic heterocycles. The molecule has 1 rings (SSSR count). The Kier molecular flexibility index (Phi) is 4.58. The quantitative estimate of drug-likeness (QED) is 0.804. The van der Waals surface area contributed by atoms with Crippen LogP contribution in [0.3, 0.4) is 0 Å². The van der Waals surface area contributed by atoms with Gasteiger partial charge in [-0.3, -0.25) is 0 Å². The SMILES string of the molecule is Cc1nc(NCCCCC(F)(F)F)sc1C. The Bertz CT molecular complexity index is 314. The third-order valence-electron chi connectivity index (χ3n) is 2.19. The minimum atomic E-state index is -4.03. The van der Waals surface area contributed by atoms with E-state index in [0.29, 0.717) is 13.0 Å². The molecule has 1 aromatic rings. The molecule has 1 N–H and O–H groups in total. The Morgan fingerprint density at radius 3 is 2.44 bits per heavy atom. The van der Waals surface area contributed by atoms with Gasteiger partial charge in [0.25, 0.3) is 0 Å². The van der Waals surface area contributed by atoms with Gasteiger partial charge in [-0.05, 0) is 26.7 Å². The molecule has 0 unspecified atom stereocenters. The Balaban J connectivity index is 2.16. The first-order valence-electron chi connectivity index (χ1n) is 5.13. The first-order valence-corrected chi connectivity index (χ1v) is 5.95. The van der Waals surface area contributed by atoms with Crippen molar-refractivity contribution in [2.45, 2.75) is 39.3 Å². The summed E-state index contributed by atoms with van der Waals surface area (Å²) < 4.78 is 35.5. The lowest BCUT2D eigenvalue weighted by Gasteiger charge is -2.05. The summed E-state index contributed by atoms with van der Waals surface area (Å²) in [5.41, 5.74) is 0.975. The average Bonchev–Trinajstić information content (AvgIpc) is 2.44. The van der Waals surface area contributed by atoms with Crippen molar-refractivity contribution in [1.29, 1.82) is 0 Å². The van der Waals surface area contributed by atoms with Gasteiger partial charge >= 0.3 is 6.18 Å². The molecule has 0 atom stereocenters. The van der Waals surface area contributed by atoms with Crippen LogP contribution in [0.5, 0.6) is 0 Å². The van der Waals surface area contributed by atoms with Crippen molar-refractivity contribution in [2.75, 3.05) is 11.9 Å². The fraction of sp³-hybridized carbons (Fsp3) is 0.700. The molecular weight excluding hydrogens is 237 g/mol. The lowest BCUT2D eigenvalue weighted by molar-refractivity contribution is -0.135. The van der Waals surface area contributed by atoms with E-state index in [2.05, 4.69) is 10.3 Å². The second-order valence-corrected chi connectivity index (χ2v) is 4.86. The Labute approximate surface area is 96.9 Å². The largest absolute Gasteiger partial charge is 0.389 e. The molecule has 6 heteroatoms. The molecular formula is C10H15F3N2S. The van der Waals surface area contributed by atoms with Crippen LogP contribution in [0.1, 0.15) is 29.8 Å². The summed E-state index contributed by atoms with van der Waals surface area (Å²) in [6, 6.07) is 0. The number of thiazole rings is 1. The van der Waals surface area contributed by atoms with Crippen LogP contribution in [-0.2, 0) is 0 Å². The summed E-state index contributed by atoms with van der Waals surface area (Å²) in [4.78, 5) is 5.38. The first kappa shape index (κ1) is 13.3. The van der Waals surface area contributed by atoms with E-state index >= 15 is 0 Å². The number of aromatic nitrogens is 1. The molecule has 0 bridgehead atoms. The van der Waals surface area contributed by atoms with Crippen LogP contribution < -0.4 is 5.32 Å². The molecule has 92 valence electrons. The number of nitrogens with zero attached hydrogens (tertiary/aromatic N) is 1. The molecule has 0 aliphatic rings. The van der Waals surface area contributed by atoms with Gasteiger partial charge in [-0.1, -0.05) is 0 Å². The average molecular weight is 252 g/mol. The molecule has 0 fully saturated rings. The zero-order valence-corrected chi connectivity index (χ0v) is 10.1. The van der Waals surface area contributed by atoms with Crippen LogP contribution in [-0.4, -0.2) is 17.7 Å². The maximum Gasteiger partial charge on any atom is 0.389 e. The van der Waals surface area contributed by atoms with Crippen molar-refractivity contribution in [1.82, 2.24) is 4.98 Å². The predicted octanol–water partition coefficient (Wildman–Crippen LogP) is 3.90. The van der Waals surface area contributed by atoms with Gasteiger partial charge in [0.2, 0.25) is 0 Å². The predicted molar refractivity (Wildman–Crippen MR) is 60.0 cm³/mol.